The Hall–Kier alpha value is -0.100. The summed E-state index contributed by atoms with van der Waals surface area (Å²) in [7, 11) is 0. The minimum atomic E-state index is 0.0252. The van der Waals surface area contributed by atoms with E-state index in [2.05, 4.69) is 21.4 Å². The molecule has 2 nitrogen and oxygen atoms in total. The zero-order valence-corrected chi connectivity index (χ0v) is 13.2. The standard InChI is InChI=1S/C12H11BrCl2N2S/c13-12-4-3-11(18-12)10(17-16)6-7-5-8(14)1-2-9(7)15/h1-5,10,17H,6,16H2. The zero-order valence-electron chi connectivity index (χ0n) is 9.29. The number of hydrazine groups is 1. The molecule has 0 radical (unpaired) electrons. The van der Waals surface area contributed by atoms with E-state index in [9.17, 15) is 0 Å². The van der Waals surface area contributed by atoms with E-state index < -0.39 is 0 Å². The second-order valence-corrected chi connectivity index (χ2v) is 7.14. The maximum absolute atomic E-state index is 6.16. The van der Waals surface area contributed by atoms with E-state index >= 15 is 0 Å². The van der Waals surface area contributed by atoms with E-state index in [4.69, 9.17) is 29.0 Å². The van der Waals surface area contributed by atoms with Crippen LogP contribution in [0.5, 0.6) is 0 Å². The van der Waals surface area contributed by atoms with Crippen LogP contribution in [0.25, 0.3) is 0 Å². The molecule has 6 heteroatoms. The van der Waals surface area contributed by atoms with Crippen LogP contribution < -0.4 is 11.3 Å². The average Bonchev–Trinajstić information content (AvgIpc) is 2.77. The number of hydrogen-bond acceptors (Lipinski definition) is 3. The molecule has 0 aliphatic carbocycles. The van der Waals surface area contributed by atoms with E-state index in [-0.39, 0.29) is 6.04 Å². The van der Waals surface area contributed by atoms with Crippen molar-refractivity contribution in [2.45, 2.75) is 12.5 Å². The smallest absolute Gasteiger partial charge is 0.0702 e. The highest BCUT2D eigenvalue weighted by molar-refractivity contribution is 9.11. The molecule has 1 unspecified atom stereocenters. The molecule has 0 saturated heterocycles. The van der Waals surface area contributed by atoms with Gasteiger partial charge in [0.2, 0.25) is 0 Å². The summed E-state index contributed by atoms with van der Waals surface area (Å²) in [5, 5.41) is 1.38. The highest BCUT2D eigenvalue weighted by atomic mass is 79.9. The van der Waals surface area contributed by atoms with Crippen molar-refractivity contribution in [2.24, 2.45) is 5.84 Å². The molecule has 0 saturated carbocycles. The fraction of sp³-hybridized carbons (Fsp3) is 0.167. The summed E-state index contributed by atoms with van der Waals surface area (Å²) < 4.78 is 1.08. The lowest BCUT2D eigenvalue weighted by Gasteiger charge is -2.15. The molecule has 2 rings (SSSR count). The molecule has 0 bridgehead atoms. The lowest BCUT2D eigenvalue weighted by molar-refractivity contribution is 0.561. The first-order valence-electron chi connectivity index (χ1n) is 5.25. The Kier molecular flexibility index (Phi) is 5.06. The maximum Gasteiger partial charge on any atom is 0.0702 e. The number of thiophene rings is 1. The molecule has 1 aromatic heterocycles. The predicted molar refractivity (Wildman–Crippen MR) is 82.2 cm³/mol. The van der Waals surface area contributed by atoms with Gasteiger partial charge in [-0.15, -0.1) is 11.3 Å². The third-order valence-corrected chi connectivity index (χ3v) is 4.91. The average molecular weight is 366 g/mol. The number of benzene rings is 1. The van der Waals surface area contributed by atoms with Crippen LogP contribution >= 0.6 is 50.5 Å². The number of nitrogens with two attached hydrogens (primary N) is 1. The summed E-state index contributed by atoms with van der Waals surface area (Å²) >= 11 is 17.2. The fourth-order valence-electron chi connectivity index (χ4n) is 1.68. The quantitative estimate of drug-likeness (QED) is 0.615. The first kappa shape index (κ1) is 14.3. The summed E-state index contributed by atoms with van der Waals surface area (Å²) in [4.78, 5) is 1.15. The molecule has 96 valence electrons. The zero-order chi connectivity index (χ0) is 13.1. The predicted octanol–water partition coefficient (Wildman–Crippen LogP) is 4.56. The van der Waals surface area contributed by atoms with Gasteiger partial charge >= 0.3 is 0 Å². The van der Waals surface area contributed by atoms with Gasteiger partial charge < -0.3 is 0 Å². The van der Waals surface area contributed by atoms with Gasteiger partial charge in [-0.25, -0.2) is 0 Å². The Morgan fingerprint density at radius 1 is 1.28 bits per heavy atom. The van der Waals surface area contributed by atoms with Gasteiger partial charge in [0.05, 0.1) is 9.83 Å². The summed E-state index contributed by atoms with van der Waals surface area (Å²) in [6.07, 6.45) is 0.697. The minimum absolute atomic E-state index is 0.0252. The Labute approximate surface area is 128 Å². The molecule has 1 aromatic carbocycles. The summed E-state index contributed by atoms with van der Waals surface area (Å²) in [5.74, 6) is 5.62. The lowest BCUT2D eigenvalue weighted by Crippen LogP contribution is -2.29. The summed E-state index contributed by atoms with van der Waals surface area (Å²) in [6.45, 7) is 0. The molecule has 0 spiro atoms. The van der Waals surface area contributed by atoms with E-state index in [1.807, 2.05) is 18.2 Å². The van der Waals surface area contributed by atoms with Crippen LogP contribution in [0, 0.1) is 0 Å². The van der Waals surface area contributed by atoms with Crippen molar-refractivity contribution in [3.8, 4) is 0 Å². The number of rotatable bonds is 4. The van der Waals surface area contributed by atoms with Crippen molar-refractivity contribution in [3.63, 3.8) is 0 Å². The minimum Gasteiger partial charge on any atom is -0.271 e. The van der Waals surface area contributed by atoms with Crippen molar-refractivity contribution in [3.05, 3.63) is 54.6 Å². The molecular formula is C12H11BrCl2N2S. The lowest BCUT2D eigenvalue weighted by atomic mass is 10.1. The van der Waals surface area contributed by atoms with Crippen LogP contribution in [0.1, 0.15) is 16.5 Å². The molecule has 0 aliphatic heterocycles. The number of halogens is 3. The largest absolute Gasteiger partial charge is 0.271 e. The Bertz CT molecular complexity index is 545. The van der Waals surface area contributed by atoms with Crippen molar-refractivity contribution < 1.29 is 0 Å². The van der Waals surface area contributed by atoms with Gasteiger partial charge in [-0.1, -0.05) is 23.2 Å². The van der Waals surface area contributed by atoms with Crippen molar-refractivity contribution in [2.75, 3.05) is 0 Å². The molecule has 0 aliphatic rings. The number of nitrogens with one attached hydrogen (secondary N) is 1. The maximum atomic E-state index is 6.16. The fourth-order valence-corrected chi connectivity index (χ4v) is 3.55. The monoisotopic (exact) mass is 364 g/mol. The molecule has 2 aromatic rings. The van der Waals surface area contributed by atoms with Crippen LogP contribution in [-0.2, 0) is 6.42 Å². The number of hydrogen-bond donors (Lipinski definition) is 2. The van der Waals surface area contributed by atoms with E-state index in [1.54, 1.807) is 23.5 Å². The second-order valence-electron chi connectivity index (χ2n) is 3.80. The molecule has 0 fully saturated rings. The second kappa shape index (κ2) is 6.37. The van der Waals surface area contributed by atoms with Crippen LogP contribution in [0.4, 0.5) is 0 Å². The summed E-state index contributed by atoms with van der Waals surface area (Å²) in [5.41, 5.74) is 3.80. The third-order valence-electron chi connectivity index (χ3n) is 2.57. The molecule has 1 heterocycles. The third kappa shape index (κ3) is 3.47. The highest BCUT2D eigenvalue weighted by Gasteiger charge is 2.14. The van der Waals surface area contributed by atoms with Gasteiger partial charge in [-0.3, -0.25) is 11.3 Å². The van der Waals surface area contributed by atoms with Gasteiger partial charge in [-0.05, 0) is 58.2 Å². The van der Waals surface area contributed by atoms with Crippen LogP contribution in [0.2, 0.25) is 10.0 Å². The van der Waals surface area contributed by atoms with Gasteiger partial charge in [0.15, 0.2) is 0 Å². The topological polar surface area (TPSA) is 38.0 Å². The van der Waals surface area contributed by atoms with Crippen LogP contribution in [-0.4, -0.2) is 0 Å². The molecular weight excluding hydrogens is 355 g/mol. The van der Waals surface area contributed by atoms with E-state index in [0.717, 1.165) is 14.2 Å². The molecule has 18 heavy (non-hydrogen) atoms. The Morgan fingerprint density at radius 3 is 2.67 bits per heavy atom. The highest BCUT2D eigenvalue weighted by Crippen LogP contribution is 2.31. The molecule has 3 N–H and O–H groups in total. The molecule has 0 amide bonds. The first-order valence-corrected chi connectivity index (χ1v) is 7.62. The van der Waals surface area contributed by atoms with Crippen molar-refractivity contribution >= 4 is 50.5 Å². The van der Waals surface area contributed by atoms with Gasteiger partial charge in [0, 0.05) is 14.9 Å². The van der Waals surface area contributed by atoms with Gasteiger partial charge in [0.1, 0.15) is 0 Å². The normalized spacial score (nSPS) is 12.7. The Morgan fingerprint density at radius 2 is 2.06 bits per heavy atom. The summed E-state index contributed by atoms with van der Waals surface area (Å²) in [6, 6.07) is 9.52. The van der Waals surface area contributed by atoms with Gasteiger partial charge in [0.25, 0.3) is 0 Å². The SMILES string of the molecule is NNC(Cc1cc(Cl)ccc1Cl)c1ccc(Br)s1. The van der Waals surface area contributed by atoms with Crippen LogP contribution in [0.3, 0.4) is 0 Å². The van der Waals surface area contributed by atoms with Crippen LogP contribution in [0.15, 0.2) is 34.1 Å². The first-order chi connectivity index (χ1) is 8.60. The van der Waals surface area contributed by atoms with Gasteiger partial charge in [-0.2, -0.15) is 0 Å². The van der Waals surface area contributed by atoms with E-state index in [1.165, 1.54) is 0 Å². The van der Waals surface area contributed by atoms with E-state index in [0.29, 0.717) is 16.5 Å². The molecule has 1 atom stereocenters. The van der Waals surface area contributed by atoms with Crippen molar-refractivity contribution in [1.82, 2.24) is 5.43 Å². The van der Waals surface area contributed by atoms with Crippen molar-refractivity contribution in [1.29, 1.82) is 0 Å². The Balaban J connectivity index is 2.22.